The van der Waals surface area contributed by atoms with Crippen LogP contribution in [0.25, 0.3) is 0 Å². The Kier molecular flexibility index (Phi) is 5.49. The van der Waals surface area contributed by atoms with Gasteiger partial charge in [-0.1, -0.05) is 12.8 Å². The van der Waals surface area contributed by atoms with Crippen molar-refractivity contribution in [3.8, 4) is 0 Å². The Morgan fingerprint density at radius 2 is 1.48 bits per heavy atom. The molecule has 0 radical (unpaired) electrons. The maximum absolute atomic E-state index is 13.0. The van der Waals surface area contributed by atoms with E-state index in [9.17, 15) is 9.18 Å². The van der Waals surface area contributed by atoms with Crippen molar-refractivity contribution in [2.75, 3.05) is 50.7 Å². The van der Waals surface area contributed by atoms with Gasteiger partial charge >= 0.3 is 0 Å². The van der Waals surface area contributed by atoms with Gasteiger partial charge < -0.3 is 9.80 Å². The third-order valence-corrected chi connectivity index (χ3v) is 4.88. The highest BCUT2D eigenvalue weighted by molar-refractivity contribution is 5.78. The zero-order valence-electron chi connectivity index (χ0n) is 13.7. The third-order valence-electron chi connectivity index (χ3n) is 4.88. The molecule has 2 aliphatic heterocycles. The Morgan fingerprint density at radius 3 is 2.09 bits per heavy atom. The highest BCUT2D eigenvalue weighted by Gasteiger charge is 2.22. The molecule has 1 aromatic carbocycles. The van der Waals surface area contributed by atoms with E-state index in [2.05, 4.69) is 9.80 Å². The monoisotopic (exact) mass is 319 g/mol. The summed E-state index contributed by atoms with van der Waals surface area (Å²) in [7, 11) is 0. The van der Waals surface area contributed by atoms with Gasteiger partial charge in [0.05, 0.1) is 6.54 Å². The summed E-state index contributed by atoms with van der Waals surface area (Å²) in [5, 5.41) is 0. The minimum atomic E-state index is -0.199. The summed E-state index contributed by atoms with van der Waals surface area (Å²) >= 11 is 0. The molecule has 5 heteroatoms. The summed E-state index contributed by atoms with van der Waals surface area (Å²) in [4.78, 5) is 19.0. The quantitative estimate of drug-likeness (QED) is 0.856. The van der Waals surface area contributed by atoms with Gasteiger partial charge in [0.25, 0.3) is 0 Å². The molecule has 2 saturated heterocycles. The second-order valence-electron chi connectivity index (χ2n) is 6.53. The lowest BCUT2D eigenvalue weighted by molar-refractivity contribution is -0.132. The number of rotatable bonds is 3. The molecule has 4 nitrogen and oxygen atoms in total. The van der Waals surface area contributed by atoms with Gasteiger partial charge in [-0.15, -0.1) is 0 Å². The van der Waals surface area contributed by atoms with Crippen molar-refractivity contribution in [3.63, 3.8) is 0 Å². The highest BCUT2D eigenvalue weighted by Crippen LogP contribution is 2.17. The Labute approximate surface area is 137 Å². The molecule has 0 atom stereocenters. The second kappa shape index (κ2) is 7.77. The molecule has 2 heterocycles. The van der Waals surface area contributed by atoms with Gasteiger partial charge in [0.1, 0.15) is 5.82 Å². The van der Waals surface area contributed by atoms with Gasteiger partial charge in [0.2, 0.25) is 5.91 Å². The predicted octanol–water partition coefficient (Wildman–Crippen LogP) is 2.35. The number of halogens is 1. The van der Waals surface area contributed by atoms with Gasteiger partial charge in [-0.25, -0.2) is 4.39 Å². The zero-order chi connectivity index (χ0) is 16.1. The van der Waals surface area contributed by atoms with E-state index in [0.29, 0.717) is 6.54 Å². The number of hydrogen-bond donors (Lipinski definition) is 0. The van der Waals surface area contributed by atoms with Crippen LogP contribution in [0.15, 0.2) is 24.3 Å². The smallest absolute Gasteiger partial charge is 0.236 e. The van der Waals surface area contributed by atoms with Crippen LogP contribution in [-0.4, -0.2) is 61.5 Å². The van der Waals surface area contributed by atoms with Crippen molar-refractivity contribution in [1.82, 2.24) is 9.80 Å². The molecular weight excluding hydrogens is 293 g/mol. The zero-order valence-corrected chi connectivity index (χ0v) is 13.7. The normalized spacial score (nSPS) is 20.4. The summed E-state index contributed by atoms with van der Waals surface area (Å²) in [5.74, 6) is 0.0811. The summed E-state index contributed by atoms with van der Waals surface area (Å²) in [6, 6.07) is 6.66. The van der Waals surface area contributed by atoms with E-state index >= 15 is 0 Å². The molecule has 23 heavy (non-hydrogen) atoms. The fourth-order valence-electron chi connectivity index (χ4n) is 3.43. The maximum atomic E-state index is 13.0. The minimum absolute atomic E-state index is 0.199. The number of amides is 1. The molecule has 0 saturated carbocycles. The first-order chi connectivity index (χ1) is 11.2. The Bertz CT molecular complexity index is 504. The molecule has 126 valence electrons. The molecule has 0 bridgehead atoms. The topological polar surface area (TPSA) is 26.8 Å². The SMILES string of the molecule is O=C(CN1CCN(c2ccc(F)cc2)CC1)N1CCCCCC1. The van der Waals surface area contributed by atoms with E-state index in [1.807, 2.05) is 17.0 Å². The fraction of sp³-hybridized carbons (Fsp3) is 0.611. The van der Waals surface area contributed by atoms with Crippen LogP contribution in [0.4, 0.5) is 10.1 Å². The molecule has 0 spiro atoms. The molecule has 2 fully saturated rings. The average molecular weight is 319 g/mol. The van der Waals surface area contributed by atoms with E-state index in [4.69, 9.17) is 0 Å². The van der Waals surface area contributed by atoms with Crippen molar-refractivity contribution in [3.05, 3.63) is 30.1 Å². The molecular formula is C18H26FN3O. The van der Waals surface area contributed by atoms with Crippen LogP contribution in [0.3, 0.4) is 0 Å². The third kappa shape index (κ3) is 4.44. The second-order valence-corrected chi connectivity index (χ2v) is 6.53. The molecule has 3 rings (SSSR count). The van der Waals surface area contributed by atoms with Crippen LogP contribution in [0.5, 0.6) is 0 Å². The van der Waals surface area contributed by atoms with Crippen molar-refractivity contribution < 1.29 is 9.18 Å². The molecule has 0 unspecified atom stereocenters. The number of anilines is 1. The summed E-state index contributed by atoms with van der Waals surface area (Å²) in [6.07, 6.45) is 4.79. The average Bonchev–Trinajstić information content (AvgIpc) is 2.86. The van der Waals surface area contributed by atoms with Crippen LogP contribution in [0, 0.1) is 5.82 Å². The molecule has 0 aromatic heterocycles. The van der Waals surface area contributed by atoms with E-state index < -0.39 is 0 Å². The lowest BCUT2D eigenvalue weighted by Gasteiger charge is -2.36. The molecule has 1 aromatic rings. The van der Waals surface area contributed by atoms with Gasteiger partial charge in [-0.3, -0.25) is 9.69 Å². The lowest BCUT2D eigenvalue weighted by atomic mass is 10.2. The summed E-state index contributed by atoms with van der Waals surface area (Å²) in [5.41, 5.74) is 1.06. The first-order valence-corrected chi connectivity index (χ1v) is 8.73. The van der Waals surface area contributed by atoms with Gasteiger partial charge in [0.15, 0.2) is 0 Å². The van der Waals surface area contributed by atoms with Crippen molar-refractivity contribution in [2.45, 2.75) is 25.7 Å². The Hall–Kier alpha value is -1.62. The number of benzene rings is 1. The van der Waals surface area contributed by atoms with E-state index in [1.54, 1.807) is 0 Å². The lowest BCUT2D eigenvalue weighted by Crippen LogP contribution is -2.50. The number of likely N-dealkylation sites (tertiary alicyclic amines) is 1. The van der Waals surface area contributed by atoms with Crippen LogP contribution in [0.2, 0.25) is 0 Å². The first kappa shape index (κ1) is 16.2. The highest BCUT2D eigenvalue weighted by atomic mass is 19.1. The number of piperazine rings is 1. The van der Waals surface area contributed by atoms with Gasteiger partial charge in [-0.2, -0.15) is 0 Å². The van der Waals surface area contributed by atoms with Crippen LogP contribution in [0.1, 0.15) is 25.7 Å². The largest absolute Gasteiger partial charge is 0.369 e. The standard InChI is InChI=1S/C18H26FN3O/c19-16-5-7-17(8-6-16)21-13-11-20(12-14-21)15-18(23)22-9-3-1-2-4-10-22/h5-8H,1-4,9-15H2. The maximum Gasteiger partial charge on any atom is 0.236 e. The molecule has 0 N–H and O–H groups in total. The Morgan fingerprint density at radius 1 is 0.870 bits per heavy atom. The van der Waals surface area contributed by atoms with Crippen LogP contribution >= 0.6 is 0 Å². The fourth-order valence-corrected chi connectivity index (χ4v) is 3.43. The first-order valence-electron chi connectivity index (χ1n) is 8.73. The molecule has 1 amide bonds. The Balaban J connectivity index is 1.47. The summed E-state index contributed by atoms with van der Waals surface area (Å²) < 4.78 is 13.0. The van der Waals surface area contributed by atoms with Gasteiger partial charge in [-0.05, 0) is 37.1 Å². The van der Waals surface area contributed by atoms with Crippen molar-refractivity contribution in [1.29, 1.82) is 0 Å². The molecule has 0 aliphatic carbocycles. The van der Waals surface area contributed by atoms with Crippen molar-refractivity contribution >= 4 is 11.6 Å². The summed E-state index contributed by atoms with van der Waals surface area (Å²) in [6.45, 7) is 5.94. The predicted molar refractivity (Wildman–Crippen MR) is 90.1 cm³/mol. The van der Waals surface area contributed by atoms with Crippen molar-refractivity contribution in [2.24, 2.45) is 0 Å². The van der Waals surface area contributed by atoms with E-state index in [-0.39, 0.29) is 11.7 Å². The molecule has 2 aliphatic rings. The van der Waals surface area contributed by atoms with E-state index in [1.165, 1.54) is 25.0 Å². The van der Waals surface area contributed by atoms with Gasteiger partial charge in [0, 0.05) is 45.0 Å². The number of carbonyl (C=O) groups excluding carboxylic acids is 1. The van der Waals surface area contributed by atoms with E-state index in [0.717, 1.165) is 57.8 Å². The van der Waals surface area contributed by atoms with Crippen LogP contribution in [-0.2, 0) is 4.79 Å². The number of nitrogens with zero attached hydrogens (tertiary/aromatic N) is 3. The number of hydrogen-bond acceptors (Lipinski definition) is 3. The minimum Gasteiger partial charge on any atom is -0.369 e. The van der Waals surface area contributed by atoms with Crippen LogP contribution < -0.4 is 4.90 Å². The number of carbonyl (C=O) groups is 1.